The molecule has 0 unspecified atom stereocenters. The minimum atomic E-state index is -5.76. The van der Waals surface area contributed by atoms with Gasteiger partial charge in [-0.1, -0.05) is 0 Å². The Morgan fingerprint density at radius 2 is 0.487 bits per heavy atom. The van der Waals surface area contributed by atoms with Crippen molar-refractivity contribution in [2.45, 2.75) is 0 Å². The monoisotopic (exact) mass is 578 g/mol. The lowest BCUT2D eigenvalue weighted by atomic mass is 9.23. The summed E-state index contributed by atoms with van der Waals surface area (Å²) in [5.74, 6) is -45.6. The second-order valence-electron chi connectivity index (χ2n) is 7.90. The minimum absolute atomic E-state index is 0.213. The van der Waals surface area contributed by atoms with E-state index in [1.165, 1.54) is 0 Å². The molecule has 3 aromatic carbocycles. The third-order valence-electron chi connectivity index (χ3n) is 6.06. The largest absolute Gasteiger partial charge is 0.516 e. The highest BCUT2D eigenvalue weighted by atomic mass is 19.2. The summed E-state index contributed by atoms with van der Waals surface area (Å²) in [7, 11) is 0. The number of hydrogen-bond acceptors (Lipinski definition) is 0. The third kappa shape index (κ3) is 3.54. The summed E-state index contributed by atoms with van der Waals surface area (Å²) in [6, 6.07) is 1.39. The van der Waals surface area contributed by atoms with Crippen molar-refractivity contribution in [3.8, 4) is 0 Å². The van der Waals surface area contributed by atoms with E-state index in [9.17, 15) is 39.5 Å². The van der Waals surface area contributed by atoms with Crippen molar-refractivity contribution in [2.75, 3.05) is 0 Å². The molecule has 1 aromatic heterocycles. The van der Waals surface area contributed by atoms with Crippen LogP contribution in [0.15, 0.2) is 24.5 Å². The van der Waals surface area contributed by atoms with Gasteiger partial charge in [-0.15, -0.1) is 16.4 Å². The maximum atomic E-state index is 15.2. The van der Waals surface area contributed by atoms with Gasteiger partial charge in [-0.05, 0) is 24.5 Å². The Morgan fingerprint density at radius 1 is 0.308 bits per heavy atom. The number of nitrogens with zero attached hydrogens (tertiary/aromatic N) is 1. The van der Waals surface area contributed by atoms with E-state index in [-0.39, 0.29) is 4.48 Å². The van der Waals surface area contributed by atoms with Crippen LogP contribution in [0.4, 0.5) is 65.9 Å². The van der Waals surface area contributed by atoms with Gasteiger partial charge in [0.1, 0.15) is 34.9 Å². The summed E-state index contributed by atoms with van der Waals surface area (Å²) in [4.78, 5) is 0. The Labute approximate surface area is 205 Å². The molecule has 0 aliphatic carbocycles. The van der Waals surface area contributed by atoms with Crippen LogP contribution >= 0.6 is 0 Å². The maximum absolute atomic E-state index is 15.2. The van der Waals surface area contributed by atoms with Crippen LogP contribution in [0.2, 0.25) is 0 Å². The van der Waals surface area contributed by atoms with Crippen molar-refractivity contribution >= 4 is 22.7 Å². The first-order valence-corrected chi connectivity index (χ1v) is 9.98. The molecule has 17 heteroatoms. The molecule has 39 heavy (non-hydrogen) atoms. The highest BCUT2D eigenvalue weighted by molar-refractivity contribution is 7.10. The molecule has 0 aliphatic rings. The summed E-state index contributed by atoms with van der Waals surface area (Å²) in [6.45, 7) is 0. The smallest absolute Gasteiger partial charge is 0.200 e. The summed E-state index contributed by atoms with van der Waals surface area (Å²) in [5.41, 5.74) is -8.10. The van der Waals surface area contributed by atoms with E-state index in [0.29, 0.717) is 24.5 Å². The summed E-state index contributed by atoms with van der Waals surface area (Å²) in [6.07, 6.45) is -5.13. The van der Waals surface area contributed by atoms with Crippen LogP contribution < -0.4 is 16.4 Å². The lowest BCUT2D eigenvalue weighted by Crippen LogP contribution is -2.77. The van der Waals surface area contributed by atoms with E-state index in [0.717, 1.165) is 0 Å². The van der Waals surface area contributed by atoms with Crippen LogP contribution in [0.1, 0.15) is 0 Å². The molecule has 4 rings (SSSR count). The lowest BCUT2D eigenvalue weighted by molar-refractivity contribution is 0.379. The van der Waals surface area contributed by atoms with E-state index in [1.807, 2.05) is 0 Å². The van der Waals surface area contributed by atoms with Gasteiger partial charge in [-0.3, -0.25) is 0 Å². The first-order chi connectivity index (χ1) is 18.1. The highest BCUT2D eigenvalue weighted by Crippen LogP contribution is 2.29. The third-order valence-corrected chi connectivity index (χ3v) is 6.06. The Bertz CT molecular complexity index is 1410. The molecule has 0 saturated heterocycles. The molecule has 0 radical (unpaired) electrons. The average Bonchev–Trinajstić information content (AvgIpc) is 3.46. The lowest BCUT2D eigenvalue weighted by Gasteiger charge is -2.45. The van der Waals surface area contributed by atoms with E-state index in [2.05, 4.69) is 0 Å². The van der Waals surface area contributed by atoms with Gasteiger partial charge < -0.3 is 4.48 Å². The number of benzene rings is 3. The van der Waals surface area contributed by atoms with Crippen molar-refractivity contribution in [3.63, 3.8) is 0 Å². The van der Waals surface area contributed by atoms with E-state index >= 15 is 26.3 Å². The number of rotatable bonds is 4. The SMILES string of the molecule is Fc1c(F)c(F)c([B-](c2c(F)c(F)c(F)c(F)c2F)(c2c(F)c(F)c(F)c(F)c2F)n2cccc2)c(F)c1F. The van der Waals surface area contributed by atoms with Gasteiger partial charge in [0.25, 0.3) is 0 Å². The molecule has 4 aromatic rings. The van der Waals surface area contributed by atoms with Gasteiger partial charge >= 0.3 is 0 Å². The standard InChI is InChI=1S/C22H4BF15N/c24-8-5(9(25)15(31)20(36)14(8)30)23(39-3-1-2-4-39,6-10(26)16(32)21(37)17(33)11(6)27)7-12(28)18(34)22(38)19(35)13(7)29/h1-4H/q-1. The van der Waals surface area contributed by atoms with Crippen LogP contribution in [0.25, 0.3) is 0 Å². The number of halogens is 15. The fraction of sp³-hybridized carbons (Fsp3) is 0. The Hall–Kier alpha value is -4.05. The normalized spacial score (nSPS) is 12.0. The van der Waals surface area contributed by atoms with Crippen molar-refractivity contribution in [3.05, 3.63) is 112 Å². The minimum Gasteiger partial charge on any atom is -0.516 e. The van der Waals surface area contributed by atoms with Gasteiger partial charge in [0.05, 0.1) is 0 Å². The molecule has 1 heterocycles. The molecule has 0 bridgehead atoms. The van der Waals surface area contributed by atoms with Crippen LogP contribution in [0.3, 0.4) is 0 Å². The molecule has 0 aliphatic heterocycles. The Kier molecular flexibility index (Phi) is 6.67. The van der Waals surface area contributed by atoms with Gasteiger partial charge in [0.2, 0.25) is 0 Å². The van der Waals surface area contributed by atoms with Gasteiger partial charge in [-0.2, -0.15) is 0 Å². The van der Waals surface area contributed by atoms with Crippen molar-refractivity contribution in [1.82, 2.24) is 4.48 Å². The van der Waals surface area contributed by atoms with E-state index in [4.69, 9.17) is 0 Å². The zero-order valence-electron chi connectivity index (χ0n) is 18.0. The van der Waals surface area contributed by atoms with Crippen molar-refractivity contribution in [2.24, 2.45) is 0 Å². The second kappa shape index (κ2) is 9.30. The number of aromatic nitrogens is 1. The van der Waals surface area contributed by atoms with Gasteiger partial charge in [0, 0.05) is 0 Å². The molecule has 0 atom stereocenters. The molecule has 0 N–H and O–H groups in total. The first kappa shape index (κ1) is 28.0. The van der Waals surface area contributed by atoms with E-state index < -0.39 is 110 Å². The second-order valence-corrected chi connectivity index (χ2v) is 7.90. The molecule has 206 valence electrons. The zero-order valence-corrected chi connectivity index (χ0v) is 18.0. The fourth-order valence-electron chi connectivity index (χ4n) is 4.45. The van der Waals surface area contributed by atoms with Crippen LogP contribution in [-0.4, -0.2) is 10.8 Å². The maximum Gasteiger partial charge on any atom is 0.200 e. The first-order valence-electron chi connectivity index (χ1n) is 9.98. The highest BCUT2D eigenvalue weighted by Gasteiger charge is 2.49. The Morgan fingerprint density at radius 3 is 0.692 bits per heavy atom. The van der Waals surface area contributed by atoms with Gasteiger partial charge in [0.15, 0.2) is 58.6 Å². The van der Waals surface area contributed by atoms with Crippen LogP contribution in [0.5, 0.6) is 0 Å². The zero-order chi connectivity index (χ0) is 29.3. The Balaban J connectivity index is 2.53. The van der Waals surface area contributed by atoms with Gasteiger partial charge in [-0.25, -0.2) is 65.9 Å². The predicted octanol–water partition coefficient (Wildman–Crippen LogP) is 5.09. The van der Waals surface area contributed by atoms with Crippen molar-refractivity contribution in [1.29, 1.82) is 0 Å². The molecule has 0 spiro atoms. The average molecular weight is 578 g/mol. The van der Waals surface area contributed by atoms with Crippen LogP contribution in [-0.2, 0) is 0 Å². The van der Waals surface area contributed by atoms with Crippen LogP contribution in [0, 0.1) is 87.3 Å². The topological polar surface area (TPSA) is 4.93 Å². The molecule has 0 saturated carbocycles. The molecule has 0 fully saturated rings. The number of hydrogen-bond donors (Lipinski definition) is 0. The molecule has 0 amide bonds. The van der Waals surface area contributed by atoms with E-state index in [1.54, 1.807) is 0 Å². The van der Waals surface area contributed by atoms with Crippen molar-refractivity contribution < 1.29 is 65.9 Å². The molecular formula is C22H4BF15N-. The fourth-order valence-corrected chi connectivity index (χ4v) is 4.45. The summed E-state index contributed by atoms with van der Waals surface area (Å²) in [5, 5.41) is 0. The predicted molar refractivity (Wildman–Crippen MR) is 103 cm³/mol. The summed E-state index contributed by atoms with van der Waals surface area (Å²) < 4.78 is 218. The molecular weight excluding hydrogens is 574 g/mol. The molecule has 1 nitrogen and oxygen atoms in total. The summed E-state index contributed by atoms with van der Waals surface area (Å²) >= 11 is 0. The quantitative estimate of drug-likeness (QED) is 0.138.